The lowest BCUT2D eigenvalue weighted by molar-refractivity contribution is -0.113. The summed E-state index contributed by atoms with van der Waals surface area (Å²) in [7, 11) is 5.64. The van der Waals surface area contributed by atoms with Gasteiger partial charge in [0.15, 0.2) is 5.84 Å². The number of pyridine rings is 1. The molecule has 1 atom stereocenters. The van der Waals surface area contributed by atoms with Crippen molar-refractivity contribution in [3.63, 3.8) is 0 Å². The molecule has 1 saturated heterocycles. The van der Waals surface area contributed by atoms with Gasteiger partial charge in [-0.1, -0.05) is 36.7 Å². The Morgan fingerprint density at radius 2 is 1.97 bits per heavy atom. The summed E-state index contributed by atoms with van der Waals surface area (Å²) in [5.41, 5.74) is 14.7. The minimum absolute atomic E-state index is 0.114. The van der Waals surface area contributed by atoms with E-state index in [2.05, 4.69) is 17.3 Å². The number of amides is 1. The van der Waals surface area contributed by atoms with E-state index in [1.54, 1.807) is 24.2 Å². The molecule has 1 aromatic heterocycles. The number of likely N-dealkylation sites (N-methyl/N-ethyl adjacent to an activating group) is 2. The maximum atomic E-state index is 12.5. The van der Waals surface area contributed by atoms with Gasteiger partial charge in [0.05, 0.1) is 17.9 Å². The maximum Gasteiger partial charge on any atom is 0.250 e. The number of aliphatic imine (C=N–C) groups is 1. The lowest BCUT2D eigenvalue weighted by atomic mass is 9.96. The molecule has 0 aliphatic carbocycles. The smallest absolute Gasteiger partial charge is 0.250 e. The fourth-order valence-corrected chi connectivity index (χ4v) is 4.22. The number of amidine groups is 1. The van der Waals surface area contributed by atoms with E-state index in [1.165, 1.54) is 5.57 Å². The van der Waals surface area contributed by atoms with Crippen molar-refractivity contribution in [3.8, 4) is 0 Å². The van der Waals surface area contributed by atoms with Crippen molar-refractivity contribution in [2.45, 2.75) is 25.8 Å². The number of carbonyl (C=O) groups is 1. The highest BCUT2D eigenvalue weighted by molar-refractivity contribution is 6.30. The molecular formula is C27H32ClN7O. The van der Waals surface area contributed by atoms with Crippen LogP contribution in [-0.4, -0.2) is 49.3 Å². The number of carbonyl (C=O) groups excluding carboxylic acids is 1. The Hall–Kier alpha value is -3.46. The van der Waals surface area contributed by atoms with Crippen LogP contribution in [0.5, 0.6) is 0 Å². The van der Waals surface area contributed by atoms with Crippen LogP contribution < -0.4 is 21.1 Å². The van der Waals surface area contributed by atoms with Crippen molar-refractivity contribution in [1.29, 1.82) is 0 Å². The highest BCUT2D eigenvalue weighted by atomic mass is 35.5. The van der Waals surface area contributed by atoms with Crippen LogP contribution in [0.3, 0.4) is 0 Å². The van der Waals surface area contributed by atoms with Gasteiger partial charge in [0.2, 0.25) is 5.91 Å². The minimum atomic E-state index is -0.196. The monoisotopic (exact) mass is 505 g/mol. The van der Waals surface area contributed by atoms with Crippen LogP contribution in [-0.2, 0) is 4.79 Å². The first kappa shape index (κ1) is 25.6. The zero-order valence-electron chi connectivity index (χ0n) is 21.1. The van der Waals surface area contributed by atoms with Gasteiger partial charge in [-0.25, -0.2) is 20.4 Å². The Labute approximate surface area is 217 Å². The molecule has 1 aromatic carbocycles. The van der Waals surface area contributed by atoms with Crippen molar-refractivity contribution in [1.82, 2.24) is 15.3 Å². The number of aromatic nitrogens is 1. The maximum absolute atomic E-state index is 12.5. The third-order valence-electron chi connectivity index (χ3n) is 6.20. The highest BCUT2D eigenvalue weighted by Gasteiger charge is 2.38. The van der Waals surface area contributed by atoms with Crippen molar-refractivity contribution in [3.05, 3.63) is 88.4 Å². The largest absolute Gasteiger partial charge is 0.401 e. The minimum Gasteiger partial charge on any atom is -0.401 e. The number of nitrogens with one attached hydrogen (secondary N) is 1. The molecule has 4 rings (SSSR count). The quantitative estimate of drug-likeness (QED) is 0.548. The van der Waals surface area contributed by atoms with E-state index in [9.17, 15) is 4.79 Å². The van der Waals surface area contributed by atoms with E-state index in [-0.39, 0.29) is 11.9 Å². The molecule has 9 heteroatoms. The van der Waals surface area contributed by atoms with Crippen molar-refractivity contribution >= 4 is 34.8 Å². The van der Waals surface area contributed by atoms with E-state index < -0.39 is 0 Å². The van der Waals surface area contributed by atoms with Crippen molar-refractivity contribution in [2.24, 2.45) is 10.7 Å². The van der Waals surface area contributed by atoms with Gasteiger partial charge in [0.25, 0.3) is 0 Å². The summed E-state index contributed by atoms with van der Waals surface area (Å²) >= 11 is 6.13. The second kappa shape index (κ2) is 11.1. The molecule has 8 nitrogen and oxygen atoms in total. The number of halogens is 1. The standard InChI is InChI=1S/C27H32ClN7O/c1-5-18-15-22(29)25-26(19-8-10-20(28)11-9-19)32-35(27(25)31-16-18)23-13-12-21(17-30-23)34(4)24(36)7-6-14-33(2)3/h6-13,16-17,26,32H,5,14-15,29H2,1-4H3. The summed E-state index contributed by atoms with van der Waals surface area (Å²) in [5, 5.41) is 2.53. The fraction of sp³-hybridized carbons (Fsp3) is 0.296. The summed E-state index contributed by atoms with van der Waals surface area (Å²) in [5.74, 6) is 1.25. The zero-order chi connectivity index (χ0) is 25.8. The molecule has 0 spiro atoms. The van der Waals surface area contributed by atoms with Gasteiger partial charge in [-0.3, -0.25) is 4.79 Å². The Morgan fingerprint density at radius 1 is 1.22 bits per heavy atom. The van der Waals surface area contributed by atoms with E-state index in [1.807, 2.05) is 72.7 Å². The van der Waals surface area contributed by atoms with Gasteiger partial charge in [-0.05, 0) is 55.9 Å². The van der Waals surface area contributed by atoms with Crippen molar-refractivity contribution < 1.29 is 4.79 Å². The number of hydrogen-bond donors (Lipinski definition) is 2. The molecule has 3 N–H and O–H groups in total. The topological polar surface area (TPSA) is 90.1 Å². The SMILES string of the molecule is CCC1=CN=C2C(=C(N)C1)C(c1ccc(Cl)cc1)NN2c1ccc(N(C)C(=O)C=CCN(C)C)cn1. The molecule has 188 valence electrons. The molecule has 3 heterocycles. The van der Waals surface area contributed by atoms with Crippen LogP contribution in [0.4, 0.5) is 11.5 Å². The Kier molecular flexibility index (Phi) is 7.88. The molecule has 2 aliphatic rings. The second-order valence-electron chi connectivity index (χ2n) is 9.09. The molecule has 1 fully saturated rings. The van der Waals surface area contributed by atoms with E-state index >= 15 is 0 Å². The summed E-state index contributed by atoms with van der Waals surface area (Å²) in [6.07, 6.45) is 8.53. The summed E-state index contributed by atoms with van der Waals surface area (Å²) in [4.78, 5) is 25.5. The van der Waals surface area contributed by atoms with Crippen LogP contribution in [0, 0.1) is 0 Å². The zero-order valence-corrected chi connectivity index (χ0v) is 21.8. The Bertz CT molecular complexity index is 1230. The Balaban J connectivity index is 1.64. The first-order valence-corrected chi connectivity index (χ1v) is 12.3. The number of rotatable bonds is 7. The second-order valence-corrected chi connectivity index (χ2v) is 9.53. The number of fused-ring (bicyclic) bond motifs is 1. The molecular weight excluding hydrogens is 474 g/mol. The lowest BCUT2D eigenvalue weighted by Gasteiger charge is -2.20. The lowest BCUT2D eigenvalue weighted by Crippen LogP contribution is -2.36. The van der Waals surface area contributed by atoms with Gasteiger partial charge >= 0.3 is 0 Å². The molecule has 0 radical (unpaired) electrons. The number of nitrogens with zero attached hydrogens (tertiary/aromatic N) is 5. The van der Waals surface area contributed by atoms with Crippen LogP contribution in [0.25, 0.3) is 0 Å². The third kappa shape index (κ3) is 5.51. The predicted octanol–water partition coefficient (Wildman–Crippen LogP) is 4.19. The number of allylic oxidation sites excluding steroid dienone is 1. The molecule has 36 heavy (non-hydrogen) atoms. The fourth-order valence-electron chi connectivity index (χ4n) is 4.10. The average molecular weight is 506 g/mol. The summed E-state index contributed by atoms with van der Waals surface area (Å²) in [6, 6.07) is 11.3. The number of benzene rings is 1. The van der Waals surface area contributed by atoms with Gasteiger partial charge < -0.3 is 15.5 Å². The van der Waals surface area contributed by atoms with Gasteiger partial charge in [0.1, 0.15) is 5.82 Å². The molecule has 2 aromatic rings. The van der Waals surface area contributed by atoms with Crippen LogP contribution in [0.1, 0.15) is 31.4 Å². The summed E-state index contributed by atoms with van der Waals surface area (Å²) < 4.78 is 0. The van der Waals surface area contributed by atoms with E-state index in [4.69, 9.17) is 22.3 Å². The average Bonchev–Trinajstić information content (AvgIpc) is 3.17. The van der Waals surface area contributed by atoms with Gasteiger partial charge in [0, 0.05) is 48.6 Å². The Morgan fingerprint density at radius 3 is 2.61 bits per heavy atom. The molecule has 1 amide bonds. The molecule has 1 unspecified atom stereocenters. The first-order valence-electron chi connectivity index (χ1n) is 11.9. The predicted molar refractivity (Wildman–Crippen MR) is 147 cm³/mol. The van der Waals surface area contributed by atoms with Gasteiger partial charge in [-0.2, -0.15) is 0 Å². The van der Waals surface area contributed by atoms with E-state index in [0.29, 0.717) is 35.3 Å². The number of anilines is 2. The molecule has 2 aliphatic heterocycles. The third-order valence-corrected chi connectivity index (χ3v) is 6.45. The van der Waals surface area contributed by atoms with Crippen LogP contribution in [0.2, 0.25) is 5.02 Å². The number of nitrogens with two attached hydrogens (primary N) is 1. The molecule has 0 saturated carbocycles. The molecule has 0 bridgehead atoms. The number of hydrogen-bond acceptors (Lipinski definition) is 7. The highest BCUT2D eigenvalue weighted by Crippen LogP contribution is 2.37. The van der Waals surface area contributed by atoms with Gasteiger partial charge in [-0.15, -0.1) is 0 Å². The van der Waals surface area contributed by atoms with Crippen molar-refractivity contribution in [2.75, 3.05) is 37.6 Å². The van der Waals surface area contributed by atoms with Crippen LogP contribution in [0.15, 0.2) is 82.8 Å². The first-order chi connectivity index (χ1) is 17.3. The number of hydrazine groups is 1. The van der Waals surface area contributed by atoms with Crippen LogP contribution >= 0.6 is 11.6 Å². The normalized spacial score (nSPS) is 17.8. The summed E-state index contributed by atoms with van der Waals surface area (Å²) in [6.45, 7) is 2.80. The van der Waals surface area contributed by atoms with E-state index in [0.717, 1.165) is 23.3 Å².